The second-order valence-electron chi connectivity index (χ2n) is 5.08. The Bertz CT molecular complexity index is 751. The van der Waals surface area contributed by atoms with Gasteiger partial charge in [0.15, 0.2) is 0 Å². The average Bonchev–Trinajstić information content (AvgIpc) is 2.61. The molecule has 0 saturated heterocycles. The summed E-state index contributed by atoms with van der Waals surface area (Å²) < 4.78 is 0. The van der Waals surface area contributed by atoms with Gasteiger partial charge < -0.3 is 5.32 Å². The first-order valence-electron chi connectivity index (χ1n) is 7.31. The summed E-state index contributed by atoms with van der Waals surface area (Å²) in [6.45, 7) is 0.531. The van der Waals surface area contributed by atoms with Gasteiger partial charge in [0.2, 0.25) is 0 Å². The third kappa shape index (κ3) is 3.23. The molecule has 2 heteroatoms. The highest BCUT2D eigenvalue weighted by Crippen LogP contribution is 2.23. The van der Waals surface area contributed by atoms with Crippen LogP contribution in [0.15, 0.2) is 84.9 Å². The molecule has 3 aromatic carbocycles. The van der Waals surface area contributed by atoms with Crippen molar-refractivity contribution in [3.8, 4) is 11.1 Å². The van der Waals surface area contributed by atoms with Crippen LogP contribution in [0.1, 0.15) is 15.9 Å². The van der Waals surface area contributed by atoms with Crippen molar-refractivity contribution < 1.29 is 4.79 Å². The van der Waals surface area contributed by atoms with Crippen molar-refractivity contribution in [3.63, 3.8) is 0 Å². The van der Waals surface area contributed by atoms with E-state index in [4.69, 9.17) is 0 Å². The fourth-order valence-corrected chi connectivity index (χ4v) is 2.42. The monoisotopic (exact) mass is 287 g/mol. The summed E-state index contributed by atoms with van der Waals surface area (Å²) in [5, 5.41) is 2.99. The van der Waals surface area contributed by atoms with Gasteiger partial charge in [0.05, 0.1) is 0 Å². The molecule has 0 saturated carbocycles. The molecule has 3 aromatic rings. The Kier molecular flexibility index (Phi) is 4.30. The molecule has 0 atom stereocenters. The van der Waals surface area contributed by atoms with Crippen molar-refractivity contribution in [2.45, 2.75) is 6.54 Å². The lowest BCUT2D eigenvalue weighted by Crippen LogP contribution is -2.23. The van der Waals surface area contributed by atoms with Gasteiger partial charge in [-0.2, -0.15) is 0 Å². The fourth-order valence-electron chi connectivity index (χ4n) is 2.42. The van der Waals surface area contributed by atoms with Gasteiger partial charge in [-0.3, -0.25) is 4.79 Å². The van der Waals surface area contributed by atoms with E-state index in [1.807, 2.05) is 84.9 Å². The van der Waals surface area contributed by atoms with E-state index >= 15 is 0 Å². The highest BCUT2D eigenvalue weighted by molar-refractivity contribution is 6.00. The first-order valence-corrected chi connectivity index (χ1v) is 7.31. The fraction of sp³-hybridized carbons (Fsp3) is 0.0500. The van der Waals surface area contributed by atoms with Gasteiger partial charge in [-0.05, 0) is 22.8 Å². The molecule has 0 aliphatic rings. The minimum absolute atomic E-state index is 0.0525. The molecule has 22 heavy (non-hydrogen) atoms. The molecule has 108 valence electrons. The zero-order valence-electron chi connectivity index (χ0n) is 12.2. The lowest BCUT2D eigenvalue weighted by atomic mass is 9.99. The van der Waals surface area contributed by atoms with Crippen LogP contribution in [0, 0.1) is 0 Å². The Balaban J connectivity index is 1.81. The summed E-state index contributed by atoms with van der Waals surface area (Å²) in [6.07, 6.45) is 0. The number of carbonyl (C=O) groups excluding carboxylic acids is 1. The maximum absolute atomic E-state index is 12.5. The molecule has 0 aliphatic carbocycles. The molecule has 0 radical (unpaired) electrons. The van der Waals surface area contributed by atoms with Crippen LogP contribution in [-0.4, -0.2) is 5.91 Å². The van der Waals surface area contributed by atoms with Gasteiger partial charge in [-0.15, -0.1) is 0 Å². The van der Waals surface area contributed by atoms with E-state index in [2.05, 4.69) is 5.32 Å². The topological polar surface area (TPSA) is 29.1 Å². The molecule has 1 amide bonds. The predicted molar refractivity (Wildman–Crippen MR) is 89.5 cm³/mol. The van der Waals surface area contributed by atoms with Crippen LogP contribution in [0.25, 0.3) is 11.1 Å². The van der Waals surface area contributed by atoms with Gasteiger partial charge in [-0.25, -0.2) is 0 Å². The summed E-state index contributed by atoms with van der Waals surface area (Å²) in [7, 11) is 0. The van der Waals surface area contributed by atoms with Crippen molar-refractivity contribution in [1.82, 2.24) is 5.32 Å². The van der Waals surface area contributed by atoms with Crippen LogP contribution < -0.4 is 5.32 Å². The number of nitrogens with one attached hydrogen (secondary N) is 1. The third-order valence-electron chi connectivity index (χ3n) is 3.55. The second kappa shape index (κ2) is 6.72. The normalized spacial score (nSPS) is 10.2. The molecule has 0 aliphatic heterocycles. The molecule has 3 rings (SSSR count). The van der Waals surface area contributed by atoms with Crippen LogP contribution in [0.3, 0.4) is 0 Å². The maximum atomic E-state index is 12.5. The molecule has 0 unspecified atom stereocenters. The van der Waals surface area contributed by atoms with Crippen LogP contribution in [-0.2, 0) is 6.54 Å². The van der Waals surface area contributed by atoms with Crippen LogP contribution in [0.5, 0.6) is 0 Å². The smallest absolute Gasteiger partial charge is 0.252 e. The van der Waals surface area contributed by atoms with Crippen molar-refractivity contribution in [3.05, 3.63) is 96.1 Å². The van der Waals surface area contributed by atoms with E-state index in [9.17, 15) is 4.79 Å². The molecule has 0 heterocycles. The standard InChI is InChI=1S/C20H17NO/c22-20(21-15-16-9-3-1-4-10-16)19-14-8-7-13-18(19)17-11-5-2-6-12-17/h1-14H,15H2,(H,21,22). The lowest BCUT2D eigenvalue weighted by molar-refractivity contribution is 0.0951. The predicted octanol–water partition coefficient (Wildman–Crippen LogP) is 4.28. The van der Waals surface area contributed by atoms with Crippen LogP contribution >= 0.6 is 0 Å². The maximum Gasteiger partial charge on any atom is 0.252 e. The largest absolute Gasteiger partial charge is 0.348 e. The molecular weight excluding hydrogens is 270 g/mol. The first kappa shape index (κ1) is 14.1. The number of benzene rings is 3. The third-order valence-corrected chi connectivity index (χ3v) is 3.55. The summed E-state index contributed by atoms with van der Waals surface area (Å²) in [5.41, 5.74) is 3.79. The van der Waals surface area contributed by atoms with Gasteiger partial charge >= 0.3 is 0 Å². The SMILES string of the molecule is O=C(NCc1ccccc1)c1ccccc1-c1ccccc1. The Hall–Kier alpha value is -2.87. The van der Waals surface area contributed by atoms with Crippen molar-refractivity contribution >= 4 is 5.91 Å². The Labute approximate surface area is 130 Å². The Morgan fingerprint density at radius 1 is 0.727 bits per heavy atom. The minimum Gasteiger partial charge on any atom is -0.348 e. The minimum atomic E-state index is -0.0525. The van der Waals surface area contributed by atoms with Crippen LogP contribution in [0.2, 0.25) is 0 Å². The van der Waals surface area contributed by atoms with E-state index in [1.165, 1.54) is 0 Å². The van der Waals surface area contributed by atoms with Crippen molar-refractivity contribution in [1.29, 1.82) is 0 Å². The van der Waals surface area contributed by atoms with Gasteiger partial charge in [-0.1, -0.05) is 78.9 Å². The summed E-state index contributed by atoms with van der Waals surface area (Å²) in [6, 6.07) is 27.6. The van der Waals surface area contributed by atoms with Gasteiger partial charge in [0.1, 0.15) is 0 Å². The average molecular weight is 287 g/mol. The lowest BCUT2D eigenvalue weighted by Gasteiger charge is -2.10. The second-order valence-corrected chi connectivity index (χ2v) is 5.08. The highest BCUT2D eigenvalue weighted by Gasteiger charge is 2.11. The molecule has 0 spiro atoms. The molecule has 1 N–H and O–H groups in total. The quantitative estimate of drug-likeness (QED) is 0.762. The van der Waals surface area contributed by atoms with Crippen molar-refractivity contribution in [2.24, 2.45) is 0 Å². The Morgan fingerprint density at radius 3 is 2.05 bits per heavy atom. The molecule has 0 bridgehead atoms. The number of hydrogen-bond acceptors (Lipinski definition) is 1. The van der Waals surface area contributed by atoms with E-state index in [0.717, 1.165) is 16.7 Å². The van der Waals surface area contributed by atoms with Gasteiger partial charge in [0.25, 0.3) is 5.91 Å². The van der Waals surface area contributed by atoms with E-state index < -0.39 is 0 Å². The summed E-state index contributed by atoms with van der Waals surface area (Å²) in [4.78, 5) is 12.5. The highest BCUT2D eigenvalue weighted by atomic mass is 16.1. The summed E-state index contributed by atoms with van der Waals surface area (Å²) >= 11 is 0. The molecule has 0 fully saturated rings. The molecule has 0 aromatic heterocycles. The van der Waals surface area contributed by atoms with E-state index in [-0.39, 0.29) is 5.91 Å². The van der Waals surface area contributed by atoms with Crippen molar-refractivity contribution in [2.75, 3.05) is 0 Å². The number of amides is 1. The van der Waals surface area contributed by atoms with E-state index in [0.29, 0.717) is 12.1 Å². The Morgan fingerprint density at radius 2 is 1.32 bits per heavy atom. The van der Waals surface area contributed by atoms with Crippen LogP contribution in [0.4, 0.5) is 0 Å². The molecular formula is C20H17NO. The molecule has 2 nitrogen and oxygen atoms in total. The summed E-state index contributed by atoms with van der Waals surface area (Å²) in [5.74, 6) is -0.0525. The number of carbonyl (C=O) groups is 1. The van der Waals surface area contributed by atoms with E-state index in [1.54, 1.807) is 0 Å². The number of rotatable bonds is 4. The zero-order valence-corrected chi connectivity index (χ0v) is 12.2. The first-order chi connectivity index (χ1) is 10.8. The van der Waals surface area contributed by atoms with Gasteiger partial charge in [0, 0.05) is 12.1 Å². The number of hydrogen-bond donors (Lipinski definition) is 1. The zero-order chi connectivity index (χ0) is 15.2.